The molecule has 1 saturated heterocycles. The molecule has 114 valence electrons. The van der Waals surface area contributed by atoms with Gasteiger partial charge in [0.15, 0.2) is 0 Å². The van der Waals surface area contributed by atoms with E-state index in [2.05, 4.69) is 4.98 Å². The predicted octanol–water partition coefficient (Wildman–Crippen LogP) is 2.70. The molecule has 1 aromatic heterocycles. The second-order valence-electron chi connectivity index (χ2n) is 5.70. The van der Waals surface area contributed by atoms with E-state index >= 15 is 0 Å². The number of hydrogen-bond donors (Lipinski definition) is 1. The third kappa shape index (κ3) is 3.02. The average Bonchev–Trinajstić information content (AvgIpc) is 2.62. The number of carbonyl (C=O) groups is 1. The van der Waals surface area contributed by atoms with Crippen molar-refractivity contribution in [3.8, 4) is 11.1 Å². The molecule has 2 aromatic rings. The van der Waals surface area contributed by atoms with Crippen LogP contribution in [-0.4, -0.2) is 34.9 Å². The Kier molecular flexibility index (Phi) is 4.49. The van der Waals surface area contributed by atoms with Crippen LogP contribution in [0.1, 0.15) is 29.6 Å². The van der Waals surface area contributed by atoms with E-state index < -0.39 is 0 Å². The van der Waals surface area contributed by atoms with Gasteiger partial charge >= 0.3 is 0 Å². The summed E-state index contributed by atoms with van der Waals surface area (Å²) in [6, 6.07) is 11.9. The largest absolute Gasteiger partial charge is 0.334 e. The van der Waals surface area contributed by atoms with Gasteiger partial charge in [0.25, 0.3) is 5.91 Å². The molecule has 22 heavy (non-hydrogen) atoms. The third-order valence-corrected chi connectivity index (χ3v) is 4.31. The van der Waals surface area contributed by atoms with E-state index in [0.29, 0.717) is 6.54 Å². The van der Waals surface area contributed by atoms with Crippen LogP contribution in [-0.2, 0) is 0 Å². The molecule has 1 atom stereocenters. The molecule has 0 bridgehead atoms. The van der Waals surface area contributed by atoms with Gasteiger partial charge in [0.1, 0.15) is 0 Å². The summed E-state index contributed by atoms with van der Waals surface area (Å²) in [7, 11) is 0. The van der Waals surface area contributed by atoms with Crippen molar-refractivity contribution in [2.45, 2.75) is 25.3 Å². The Hall–Kier alpha value is -2.20. The monoisotopic (exact) mass is 295 g/mol. The van der Waals surface area contributed by atoms with Gasteiger partial charge in [-0.25, -0.2) is 0 Å². The molecule has 2 N–H and O–H groups in total. The lowest BCUT2D eigenvalue weighted by molar-refractivity contribution is 0.0623. The Morgan fingerprint density at radius 1 is 1.09 bits per heavy atom. The molecule has 2 heterocycles. The second kappa shape index (κ2) is 6.71. The van der Waals surface area contributed by atoms with Gasteiger partial charge in [0.05, 0.1) is 0 Å². The van der Waals surface area contributed by atoms with Crippen LogP contribution in [0.3, 0.4) is 0 Å². The quantitative estimate of drug-likeness (QED) is 0.947. The number of piperidine rings is 1. The van der Waals surface area contributed by atoms with Crippen LogP contribution in [0.4, 0.5) is 0 Å². The van der Waals surface area contributed by atoms with Crippen LogP contribution in [0.15, 0.2) is 48.8 Å². The zero-order valence-corrected chi connectivity index (χ0v) is 12.6. The summed E-state index contributed by atoms with van der Waals surface area (Å²) in [5.41, 5.74) is 8.74. The number of pyridine rings is 1. The number of amides is 1. The van der Waals surface area contributed by atoms with Crippen molar-refractivity contribution in [3.63, 3.8) is 0 Å². The van der Waals surface area contributed by atoms with Crippen molar-refractivity contribution in [2.75, 3.05) is 13.1 Å². The number of likely N-dealkylation sites (tertiary alicyclic amines) is 1. The lowest BCUT2D eigenvalue weighted by Gasteiger charge is -2.35. The second-order valence-corrected chi connectivity index (χ2v) is 5.70. The zero-order valence-electron chi connectivity index (χ0n) is 12.6. The van der Waals surface area contributed by atoms with Gasteiger partial charge in [-0.05, 0) is 54.7 Å². The lowest BCUT2D eigenvalue weighted by atomic mass is 10.00. The van der Waals surface area contributed by atoms with E-state index in [1.807, 2.05) is 41.3 Å². The summed E-state index contributed by atoms with van der Waals surface area (Å²) in [6.45, 7) is 1.35. The Balaban J connectivity index is 1.79. The molecule has 4 heteroatoms. The van der Waals surface area contributed by atoms with Gasteiger partial charge < -0.3 is 10.6 Å². The highest BCUT2D eigenvalue weighted by Gasteiger charge is 2.26. The smallest absolute Gasteiger partial charge is 0.254 e. The highest BCUT2D eigenvalue weighted by molar-refractivity contribution is 5.95. The highest BCUT2D eigenvalue weighted by atomic mass is 16.2. The Morgan fingerprint density at radius 3 is 2.45 bits per heavy atom. The van der Waals surface area contributed by atoms with E-state index in [9.17, 15) is 4.79 Å². The maximum Gasteiger partial charge on any atom is 0.254 e. The normalized spacial score (nSPS) is 18.2. The third-order valence-electron chi connectivity index (χ3n) is 4.31. The molecule has 0 aliphatic carbocycles. The number of carbonyl (C=O) groups excluding carboxylic acids is 1. The topological polar surface area (TPSA) is 59.2 Å². The summed E-state index contributed by atoms with van der Waals surface area (Å²) in [5, 5.41) is 0. The van der Waals surface area contributed by atoms with Crippen molar-refractivity contribution in [3.05, 3.63) is 54.4 Å². The van der Waals surface area contributed by atoms with E-state index in [4.69, 9.17) is 5.73 Å². The first-order valence-electron chi connectivity index (χ1n) is 7.81. The minimum absolute atomic E-state index is 0.0939. The number of nitrogens with zero attached hydrogens (tertiary/aromatic N) is 2. The SMILES string of the molecule is NC[C@H]1CCCCN1C(=O)c1ccc(-c2ccncc2)cc1. The Labute approximate surface area is 131 Å². The fourth-order valence-corrected chi connectivity index (χ4v) is 3.03. The lowest BCUT2D eigenvalue weighted by Crippen LogP contribution is -2.47. The molecule has 1 aliphatic heterocycles. The predicted molar refractivity (Wildman–Crippen MR) is 87.4 cm³/mol. The molecule has 0 saturated carbocycles. The first-order valence-corrected chi connectivity index (χ1v) is 7.81. The maximum atomic E-state index is 12.7. The van der Waals surface area contributed by atoms with E-state index in [-0.39, 0.29) is 11.9 Å². The van der Waals surface area contributed by atoms with E-state index in [1.54, 1.807) is 12.4 Å². The fourth-order valence-electron chi connectivity index (χ4n) is 3.03. The van der Waals surface area contributed by atoms with Gasteiger partial charge in [0.2, 0.25) is 0 Å². The Morgan fingerprint density at radius 2 is 1.77 bits per heavy atom. The molecule has 3 rings (SSSR count). The molecule has 4 nitrogen and oxygen atoms in total. The molecule has 1 fully saturated rings. The van der Waals surface area contributed by atoms with Gasteiger partial charge in [-0.15, -0.1) is 0 Å². The molecule has 0 radical (unpaired) electrons. The number of benzene rings is 1. The van der Waals surface area contributed by atoms with Crippen molar-refractivity contribution in [1.29, 1.82) is 0 Å². The minimum atomic E-state index is 0.0939. The summed E-state index contributed by atoms with van der Waals surface area (Å²) in [6.07, 6.45) is 6.78. The van der Waals surface area contributed by atoms with Crippen molar-refractivity contribution in [2.24, 2.45) is 5.73 Å². The Bertz CT molecular complexity index is 625. The molecule has 1 aliphatic rings. The van der Waals surface area contributed by atoms with Gasteiger partial charge in [-0.3, -0.25) is 9.78 Å². The van der Waals surface area contributed by atoms with Crippen LogP contribution in [0.2, 0.25) is 0 Å². The minimum Gasteiger partial charge on any atom is -0.334 e. The summed E-state index contributed by atoms with van der Waals surface area (Å²) in [5.74, 6) is 0.0939. The van der Waals surface area contributed by atoms with Crippen LogP contribution in [0.25, 0.3) is 11.1 Å². The van der Waals surface area contributed by atoms with E-state index in [1.165, 1.54) is 0 Å². The van der Waals surface area contributed by atoms with Crippen molar-refractivity contribution in [1.82, 2.24) is 9.88 Å². The van der Waals surface area contributed by atoms with Gasteiger partial charge in [0, 0.05) is 37.1 Å². The average molecular weight is 295 g/mol. The molecular formula is C18H21N3O. The number of hydrogen-bond acceptors (Lipinski definition) is 3. The fraction of sp³-hybridized carbons (Fsp3) is 0.333. The van der Waals surface area contributed by atoms with Crippen LogP contribution < -0.4 is 5.73 Å². The van der Waals surface area contributed by atoms with Crippen LogP contribution >= 0.6 is 0 Å². The number of nitrogens with two attached hydrogens (primary N) is 1. The molecule has 0 unspecified atom stereocenters. The van der Waals surface area contributed by atoms with Crippen LogP contribution in [0, 0.1) is 0 Å². The van der Waals surface area contributed by atoms with Crippen LogP contribution in [0.5, 0.6) is 0 Å². The zero-order chi connectivity index (χ0) is 15.4. The number of aromatic nitrogens is 1. The van der Waals surface area contributed by atoms with Gasteiger partial charge in [-0.2, -0.15) is 0 Å². The van der Waals surface area contributed by atoms with Crippen molar-refractivity contribution >= 4 is 5.91 Å². The number of rotatable bonds is 3. The summed E-state index contributed by atoms with van der Waals surface area (Å²) >= 11 is 0. The molecule has 1 amide bonds. The maximum absolute atomic E-state index is 12.7. The first-order chi connectivity index (χ1) is 10.8. The van der Waals surface area contributed by atoms with E-state index in [0.717, 1.165) is 42.5 Å². The standard InChI is InChI=1S/C18H21N3O/c19-13-17-3-1-2-12-21(17)18(22)16-6-4-14(5-7-16)15-8-10-20-11-9-15/h4-11,17H,1-3,12-13,19H2/t17-/m1/s1. The van der Waals surface area contributed by atoms with Crippen molar-refractivity contribution < 1.29 is 4.79 Å². The summed E-state index contributed by atoms with van der Waals surface area (Å²) in [4.78, 5) is 18.6. The molecule has 0 spiro atoms. The first kappa shape index (κ1) is 14.7. The molecule has 1 aromatic carbocycles. The van der Waals surface area contributed by atoms with Gasteiger partial charge in [-0.1, -0.05) is 12.1 Å². The summed E-state index contributed by atoms with van der Waals surface area (Å²) < 4.78 is 0. The molecular weight excluding hydrogens is 274 g/mol. The highest BCUT2D eigenvalue weighted by Crippen LogP contribution is 2.22.